The Balaban J connectivity index is 1.66. The lowest BCUT2D eigenvalue weighted by Gasteiger charge is -2.12. The van der Waals surface area contributed by atoms with Crippen LogP contribution in [0.1, 0.15) is 29.1 Å². The van der Waals surface area contributed by atoms with E-state index in [1.807, 2.05) is 30.5 Å². The van der Waals surface area contributed by atoms with Crippen molar-refractivity contribution in [3.63, 3.8) is 0 Å². The minimum atomic E-state index is 0.502. The molecule has 0 amide bonds. The summed E-state index contributed by atoms with van der Waals surface area (Å²) in [6.07, 6.45) is 2.55. The van der Waals surface area contributed by atoms with Crippen molar-refractivity contribution < 1.29 is 4.74 Å². The Labute approximate surface area is 127 Å². The van der Waals surface area contributed by atoms with Crippen LogP contribution >= 0.6 is 22.9 Å². The van der Waals surface area contributed by atoms with Gasteiger partial charge >= 0.3 is 0 Å². The normalized spacial score (nSPS) is 14.5. The van der Waals surface area contributed by atoms with Crippen LogP contribution < -0.4 is 10.1 Å². The molecule has 1 aliphatic rings. The number of aryl methyl sites for hydroxylation is 1. The quantitative estimate of drug-likeness (QED) is 0.878. The van der Waals surface area contributed by atoms with Crippen LogP contribution in [0.25, 0.3) is 0 Å². The molecule has 5 heteroatoms. The first-order valence-electron chi connectivity index (χ1n) is 6.76. The molecule has 106 valence electrons. The predicted molar refractivity (Wildman–Crippen MR) is 82.5 cm³/mol. The van der Waals surface area contributed by atoms with E-state index >= 15 is 0 Å². The van der Waals surface area contributed by atoms with Gasteiger partial charge in [-0.1, -0.05) is 11.6 Å². The number of aromatic nitrogens is 1. The lowest BCUT2D eigenvalue weighted by atomic mass is 10.2. The topological polar surface area (TPSA) is 34.1 Å². The molecule has 1 aromatic carbocycles. The molecule has 20 heavy (non-hydrogen) atoms. The molecule has 3 rings (SSSR count). The maximum absolute atomic E-state index is 6.07. The third-order valence-corrected chi connectivity index (χ3v) is 4.28. The zero-order valence-electron chi connectivity index (χ0n) is 11.4. The number of nitrogens with zero attached hydrogens (tertiary/aromatic N) is 1. The highest BCUT2D eigenvalue weighted by Crippen LogP contribution is 2.26. The second-order valence-corrected chi connectivity index (χ2v) is 6.55. The third-order valence-electron chi connectivity index (χ3n) is 3.22. The highest BCUT2D eigenvalue weighted by atomic mass is 35.5. The van der Waals surface area contributed by atoms with Crippen molar-refractivity contribution in [2.24, 2.45) is 0 Å². The maximum Gasteiger partial charge on any atom is 0.131 e. The van der Waals surface area contributed by atoms with E-state index in [2.05, 4.69) is 10.3 Å². The Morgan fingerprint density at radius 2 is 2.30 bits per heavy atom. The monoisotopic (exact) mass is 308 g/mol. The number of rotatable bonds is 6. The summed E-state index contributed by atoms with van der Waals surface area (Å²) < 4.78 is 5.89. The van der Waals surface area contributed by atoms with Crippen molar-refractivity contribution in [1.29, 1.82) is 0 Å². The molecule has 1 aliphatic carbocycles. The van der Waals surface area contributed by atoms with Crippen molar-refractivity contribution in [3.8, 4) is 5.75 Å². The van der Waals surface area contributed by atoms with E-state index in [1.54, 1.807) is 11.3 Å². The van der Waals surface area contributed by atoms with Gasteiger partial charge in [0.15, 0.2) is 0 Å². The van der Waals surface area contributed by atoms with Gasteiger partial charge in [0.2, 0.25) is 0 Å². The first kappa shape index (κ1) is 13.9. The van der Waals surface area contributed by atoms with Crippen molar-refractivity contribution >= 4 is 22.9 Å². The number of hydrogen-bond donors (Lipinski definition) is 1. The highest BCUT2D eigenvalue weighted by Gasteiger charge is 2.20. The summed E-state index contributed by atoms with van der Waals surface area (Å²) in [6.45, 7) is 3.31. The van der Waals surface area contributed by atoms with Crippen molar-refractivity contribution in [2.75, 3.05) is 0 Å². The fourth-order valence-corrected chi connectivity index (χ4v) is 2.79. The number of thiazole rings is 1. The zero-order valence-corrected chi connectivity index (χ0v) is 12.9. The van der Waals surface area contributed by atoms with Crippen LogP contribution in [-0.2, 0) is 13.2 Å². The van der Waals surface area contributed by atoms with Crippen LogP contribution in [-0.4, -0.2) is 11.0 Å². The molecule has 1 N–H and O–H groups in total. The Bertz CT molecular complexity index is 595. The van der Waals surface area contributed by atoms with E-state index < -0.39 is 0 Å². The second-order valence-electron chi connectivity index (χ2n) is 5.05. The number of hydrogen-bond acceptors (Lipinski definition) is 4. The average molecular weight is 309 g/mol. The molecule has 0 saturated heterocycles. The van der Waals surface area contributed by atoms with Gasteiger partial charge in [0, 0.05) is 28.6 Å². The van der Waals surface area contributed by atoms with Gasteiger partial charge in [0.25, 0.3) is 0 Å². The van der Waals surface area contributed by atoms with Gasteiger partial charge in [-0.25, -0.2) is 4.98 Å². The van der Waals surface area contributed by atoms with E-state index in [9.17, 15) is 0 Å². The smallest absolute Gasteiger partial charge is 0.131 e. The van der Waals surface area contributed by atoms with Gasteiger partial charge in [-0.3, -0.25) is 0 Å². The molecule has 1 aromatic heterocycles. The first-order chi connectivity index (χ1) is 9.70. The van der Waals surface area contributed by atoms with Crippen LogP contribution in [0.15, 0.2) is 23.6 Å². The molecule has 2 aromatic rings. The van der Waals surface area contributed by atoms with Gasteiger partial charge in [-0.2, -0.15) is 0 Å². The number of benzene rings is 1. The van der Waals surface area contributed by atoms with Gasteiger partial charge in [-0.05, 0) is 38.0 Å². The molecular formula is C15H17ClN2OS. The lowest BCUT2D eigenvalue weighted by molar-refractivity contribution is 0.298. The van der Waals surface area contributed by atoms with E-state index in [4.69, 9.17) is 16.3 Å². The molecule has 0 atom stereocenters. The third kappa shape index (κ3) is 3.72. The van der Waals surface area contributed by atoms with Crippen LogP contribution in [0.2, 0.25) is 5.02 Å². The highest BCUT2D eigenvalue weighted by molar-refractivity contribution is 7.09. The summed E-state index contributed by atoms with van der Waals surface area (Å²) >= 11 is 7.72. The number of ether oxygens (including phenoxy) is 1. The molecule has 0 radical (unpaired) electrons. The molecule has 3 nitrogen and oxygen atoms in total. The fourth-order valence-electron chi connectivity index (χ4n) is 1.99. The Morgan fingerprint density at radius 1 is 1.45 bits per heavy atom. The summed E-state index contributed by atoms with van der Waals surface area (Å²) in [6, 6.07) is 6.44. The molecule has 1 saturated carbocycles. The van der Waals surface area contributed by atoms with E-state index in [-0.39, 0.29) is 0 Å². The Kier molecular flexibility index (Phi) is 4.24. The van der Waals surface area contributed by atoms with E-state index in [0.717, 1.165) is 33.6 Å². The summed E-state index contributed by atoms with van der Waals surface area (Å²) in [5.41, 5.74) is 2.08. The summed E-state index contributed by atoms with van der Waals surface area (Å²) in [7, 11) is 0. The molecule has 0 aliphatic heterocycles. The van der Waals surface area contributed by atoms with Crippen molar-refractivity contribution in [3.05, 3.63) is 44.9 Å². The molecule has 0 spiro atoms. The fraction of sp³-hybridized carbons (Fsp3) is 0.400. The van der Waals surface area contributed by atoms with Gasteiger partial charge in [-0.15, -0.1) is 11.3 Å². The van der Waals surface area contributed by atoms with Crippen molar-refractivity contribution in [2.45, 2.75) is 39.0 Å². The SMILES string of the molecule is Cc1nc(COc2ccc(Cl)cc2CNC2CC2)cs1. The standard InChI is InChI=1S/C15H17ClN2OS/c1-10-18-14(9-20-10)8-19-15-5-2-12(16)6-11(15)7-17-13-3-4-13/h2,5-6,9,13,17H,3-4,7-8H2,1H3. The number of halogens is 1. The second kappa shape index (κ2) is 6.12. The Hall–Kier alpha value is -1.10. The predicted octanol–water partition coefficient (Wildman–Crippen LogP) is 3.94. The molecule has 1 fully saturated rings. The van der Waals surface area contributed by atoms with Crippen molar-refractivity contribution in [1.82, 2.24) is 10.3 Å². The van der Waals surface area contributed by atoms with E-state index in [0.29, 0.717) is 12.6 Å². The van der Waals surface area contributed by atoms with Gasteiger partial charge in [0.05, 0.1) is 10.7 Å². The van der Waals surface area contributed by atoms with Crippen LogP contribution in [0.5, 0.6) is 5.75 Å². The summed E-state index contributed by atoms with van der Waals surface area (Å²) in [4.78, 5) is 4.41. The molecule has 1 heterocycles. The van der Waals surface area contributed by atoms with Gasteiger partial charge < -0.3 is 10.1 Å². The van der Waals surface area contributed by atoms with E-state index in [1.165, 1.54) is 12.8 Å². The lowest BCUT2D eigenvalue weighted by Crippen LogP contribution is -2.16. The largest absolute Gasteiger partial charge is 0.487 e. The van der Waals surface area contributed by atoms with Crippen LogP contribution in [0, 0.1) is 6.92 Å². The maximum atomic E-state index is 6.07. The summed E-state index contributed by atoms with van der Waals surface area (Å²) in [5.74, 6) is 0.883. The van der Waals surface area contributed by atoms with Crippen LogP contribution in [0.3, 0.4) is 0 Å². The van der Waals surface area contributed by atoms with Gasteiger partial charge in [0.1, 0.15) is 12.4 Å². The van der Waals surface area contributed by atoms with Crippen LogP contribution in [0.4, 0.5) is 0 Å². The number of nitrogens with one attached hydrogen (secondary N) is 1. The average Bonchev–Trinajstić information content (AvgIpc) is 3.17. The first-order valence-corrected chi connectivity index (χ1v) is 8.02. The minimum absolute atomic E-state index is 0.502. The molecular weight excluding hydrogens is 292 g/mol. The minimum Gasteiger partial charge on any atom is -0.487 e. The molecule has 0 unspecified atom stereocenters. The molecule has 0 bridgehead atoms. The summed E-state index contributed by atoms with van der Waals surface area (Å²) in [5, 5.41) is 7.34. The zero-order chi connectivity index (χ0) is 13.9. The Morgan fingerprint density at radius 3 is 3.00 bits per heavy atom.